The SMILES string of the molecule is C=CCNC(=O)CN(CCC)C(C)c1ccccc1Br. The standard InChI is InChI=1S/C16H23BrN2O/c1-4-10-18-16(20)12-19(11-5-2)13(3)14-8-6-7-9-15(14)17/h4,6-9,13H,1,5,10-12H2,2-3H3,(H,18,20). The van der Waals surface area contributed by atoms with E-state index in [0.29, 0.717) is 13.1 Å². The van der Waals surface area contributed by atoms with E-state index in [1.54, 1.807) is 6.08 Å². The molecule has 0 aliphatic carbocycles. The van der Waals surface area contributed by atoms with E-state index in [-0.39, 0.29) is 11.9 Å². The molecule has 1 unspecified atom stereocenters. The molecule has 1 aromatic carbocycles. The summed E-state index contributed by atoms with van der Waals surface area (Å²) in [5.41, 5.74) is 1.21. The largest absolute Gasteiger partial charge is 0.352 e. The molecule has 1 N–H and O–H groups in total. The lowest BCUT2D eigenvalue weighted by Crippen LogP contribution is -2.39. The van der Waals surface area contributed by atoms with E-state index in [0.717, 1.165) is 17.4 Å². The van der Waals surface area contributed by atoms with E-state index in [1.807, 2.05) is 18.2 Å². The first-order valence-electron chi connectivity index (χ1n) is 6.96. The maximum Gasteiger partial charge on any atom is 0.234 e. The minimum absolute atomic E-state index is 0.0391. The second kappa shape index (κ2) is 8.93. The van der Waals surface area contributed by atoms with Crippen molar-refractivity contribution in [3.8, 4) is 0 Å². The quantitative estimate of drug-likeness (QED) is 0.735. The number of halogens is 1. The van der Waals surface area contributed by atoms with E-state index < -0.39 is 0 Å². The molecular weight excluding hydrogens is 316 g/mol. The Hall–Kier alpha value is -1.13. The summed E-state index contributed by atoms with van der Waals surface area (Å²) in [6.07, 6.45) is 2.71. The zero-order chi connectivity index (χ0) is 15.0. The molecule has 0 aliphatic rings. The predicted molar refractivity (Wildman–Crippen MR) is 87.6 cm³/mol. The Balaban J connectivity index is 2.77. The lowest BCUT2D eigenvalue weighted by molar-refractivity contribution is -0.122. The Bertz CT molecular complexity index is 448. The van der Waals surface area contributed by atoms with Crippen LogP contribution in [0, 0.1) is 0 Å². The van der Waals surface area contributed by atoms with Crippen LogP contribution in [0.5, 0.6) is 0 Å². The number of carbonyl (C=O) groups excluding carboxylic acids is 1. The minimum atomic E-state index is 0.0391. The number of carbonyl (C=O) groups is 1. The van der Waals surface area contributed by atoms with Gasteiger partial charge in [0.15, 0.2) is 0 Å². The average Bonchev–Trinajstić information content (AvgIpc) is 2.44. The third-order valence-electron chi connectivity index (χ3n) is 3.20. The van der Waals surface area contributed by atoms with Gasteiger partial charge in [-0.15, -0.1) is 6.58 Å². The van der Waals surface area contributed by atoms with Gasteiger partial charge in [-0.2, -0.15) is 0 Å². The molecule has 0 saturated heterocycles. The highest BCUT2D eigenvalue weighted by molar-refractivity contribution is 9.10. The zero-order valence-electron chi connectivity index (χ0n) is 12.2. The molecule has 0 radical (unpaired) electrons. The van der Waals surface area contributed by atoms with Crippen molar-refractivity contribution < 1.29 is 4.79 Å². The summed E-state index contributed by atoms with van der Waals surface area (Å²) in [5.74, 6) is 0.0391. The molecule has 20 heavy (non-hydrogen) atoms. The molecule has 0 heterocycles. The van der Waals surface area contributed by atoms with Crippen molar-refractivity contribution >= 4 is 21.8 Å². The maximum atomic E-state index is 11.9. The molecule has 0 aromatic heterocycles. The second-order valence-electron chi connectivity index (χ2n) is 4.76. The number of nitrogens with zero attached hydrogens (tertiary/aromatic N) is 1. The average molecular weight is 339 g/mol. The highest BCUT2D eigenvalue weighted by atomic mass is 79.9. The zero-order valence-corrected chi connectivity index (χ0v) is 13.8. The molecule has 0 bridgehead atoms. The molecule has 0 spiro atoms. The first-order chi connectivity index (χ1) is 9.60. The van der Waals surface area contributed by atoms with Crippen LogP contribution in [0.3, 0.4) is 0 Å². The molecule has 4 heteroatoms. The van der Waals surface area contributed by atoms with Gasteiger partial charge in [0.25, 0.3) is 0 Å². The Morgan fingerprint density at radius 3 is 2.80 bits per heavy atom. The number of benzene rings is 1. The van der Waals surface area contributed by atoms with E-state index in [1.165, 1.54) is 5.56 Å². The van der Waals surface area contributed by atoms with Gasteiger partial charge in [0.05, 0.1) is 6.54 Å². The summed E-state index contributed by atoms with van der Waals surface area (Å²) in [7, 11) is 0. The van der Waals surface area contributed by atoms with E-state index in [4.69, 9.17) is 0 Å². The Labute approximate surface area is 130 Å². The summed E-state index contributed by atoms with van der Waals surface area (Å²) in [6, 6.07) is 8.35. The summed E-state index contributed by atoms with van der Waals surface area (Å²) in [6.45, 7) is 9.69. The van der Waals surface area contributed by atoms with Gasteiger partial charge < -0.3 is 5.32 Å². The fraction of sp³-hybridized carbons (Fsp3) is 0.438. The third-order valence-corrected chi connectivity index (χ3v) is 3.93. The molecular formula is C16H23BrN2O. The molecule has 110 valence electrons. The van der Waals surface area contributed by atoms with Crippen LogP contribution < -0.4 is 5.32 Å². The summed E-state index contributed by atoms with van der Waals surface area (Å²) in [5, 5.41) is 2.83. The van der Waals surface area contributed by atoms with Gasteiger partial charge in [-0.05, 0) is 31.5 Å². The van der Waals surface area contributed by atoms with E-state index in [9.17, 15) is 4.79 Å². The first-order valence-corrected chi connectivity index (χ1v) is 7.75. The van der Waals surface area contributed by atoms with Crippen molar-refractivity contribution in [2.45, 2.75) is 26.3 Å². The fourth-order valence-corrected chi connectivity index (χ4v) is 2.75. The third kappa shape index (κ3) is 5.10. The lowest BCUT2D eigenvalue weighted by Gasteiger charge is -2.29. The number of nitrogens with one attached hydrogen (secondary N) is 1. The van der Waals surface area contributed by atoms with Crippen molar-refractivity contribution in [3.63, 3.8) is 0 Å². The van der Waals surface area contributed by atoms with Crippen molar-refractivity contribution in [1.82, 2.24) is 10.2 Å². The summed E-state index contributed by atoms with van der Waals surface area (Å²) in [4.78, 5) is 14.1. The van der Waals surface area contributed by atoms with Gasteiger partial charge in [-0.3, -0.25) is 9.69 Å². The van der Waals surface area contributed by atoms with Gasteiger partial charge in [0, 0.05) is 17.1 Å². The molecule has 3 nitrogen and oxygen atoms in total. The summed E-state index contributed by atoms with van der Waals surface area (Å²) >= 11 is 3.58. The number of rotatable bonds is 8. The van der Waals surface area contributed by atoms with Crippen LogP contribution in [-0.4, -0.2) is 30.4 Å². The monoisotopic (exact) mass is 338 g/mol. The van der Waals surface area contributed by atoms with Crippen LogP contribution in [0.4, 0.5) is 0 Å². The van der Waals surface area contributed by atoms with Crippen LogP contribution >= 0.6 is 15.9 Å². The Morgan fingerprint density at radius 1 is 1.50 bits per heavy atom. The van der Waals surface area contributed by atoms with Gasteiger partial charge in [-0.1, -0.05) is 47.1 Å². The van der Waals surface area contributed by atoms with Crippen LogP contribution in [-0.2, 0) is 4.79 Å². The smallest absolute Gasteiger partial charge is 0.234 e. The highest BCUT2D eigenvalue weighted by Crippen LogP contribution is 2.27. The van der Waals surface area contributed by atoms with Crippen molar-refractivity contribution in [2.75, 3.05) is 19.6 Å². The van der Waals surface area contributed by atoms with E-state index in [2.05, 4.69) is 52.6 Å². The fourth-order valence-electron chi connectivity index (χ4n) is 2.13. The van der Waals surface area contributed by atoms with Gasteiger partial charge in [0.2, 0.25) is 5.91 Å². The lowest BCUT2D eigenvalue weighted by atomic mass is 10.1. The number of hydrogen-bond acceptors (Lipinski definition) is 2. The molecule has 0 fully saturated rings. The maximum absolute atomic E-state index is 11.9. The van der Waals surface area contributed by atoms with Gasteiger partial charge >= 0.3 is 0 Å². The van der Waals surface area contributed by atoms with Crippen LogP contribution in [0.2, 0.25) is 0 Å². The number of amides is 1. The second-order valence-corrected chi connectivity index (χ2v) is 5.62. The normalized spacial score (nSPS) is 12.2. The summed E-state index contributed by atoms with van der Waals surface area (Å²) < 4.78 is 1.08. The minimum Gasteiger partial charge on any atom is -0.352 e. The topological polar surface area (TPSA) is 32.3 Å². The van der Waals surface area contributed by atoms with Crippen LogP contribution in [0.1, 0.15) is 31.9 Å². The first kappa shape index (κ1) is 16.9. The van der Waals surface area contributed by atoms with Crippen molar-refractivity contribution in [2.24, 2.45) is 0 Å². The highest BCUT2D eigenvalue weighted by Gasteiger charge is 2.19. The number of hydrogen-bond donors (Lipinski definition) is 1. The van der Waals surface area contributed by atoms with Crippen molar-refractivity contribution in [3.05, 3.63) is 47.0 Å². The Morgan fingerprint density at radius 2 is 2.20 bits per heavy atom. The molecule has 1 aromatic rings. The van der Waals surface area contributed by atoms with E-state index >= 15 is 0 Å². The molecule has 0 saturated carbocycles. The van der Waals surface area contributed by atoms with Crippen molar-refractivity contribution in [1.29, 1.82) is 0 Å². The van der Waals surface area contributed by atoms with Crippen LogP contribution in [0.15, 0.2) is 41.4 Å². The van der Waals surface area contributed by atoms with Gasteiger partial charge in [0.1, 0.15) is 0 Å². The molecule has 0 aliphatic heterocycles. The molecule has 1 amide bonds. The molecule has 1 atom stereocenters. The predicted octanol–water partition coefficient (Wildman–Crippen LogP) is 3.52. The Kier molecular flexibility index (Phi) is 7.55. The molecule has 1 rings (SSSR count). The van der Waals surface area contributed by atoms with Crippen LogP contribution in [0.25, 0.3) is 0 Å². The van der Waals surface area contributed by atoms with Gasteiger partial charge in [-0.25, -0.2) is 0 Å².